The quantitative estimate of drug-likeness (QED) is 0.888. The number of ether oxygens (including phenoxy) is 1. The van der Waals surface area contributed by atoms with Crippen LogP contribution in [0, 0.1) is 0 Å². The molecule has 1 amide bonds. The van der Waals surface area contributed by atoms with Crippen LogP contribution in [0.5, 0.6) is 5.75 Å². The van der Waals surface area contributed by atoms with E-state index in [1.54, 1.807) is 0 Å². The number of rotatable bonds is 2. The van der Waals surface area contributed by atoms with Crippen LogP contribution in [0.15, 0.2) is 24.3 Å². The van der Waals surface area contributed by atoms with Crippen molar-refractivity contribution in [2.45, 2.75) is 18.9 Å². The number of nitrogens with zero attached hydrogens (tertiary/aromatic N) is 4. The summed E-state index contributed by atoms with van der Waals surface area (Å²) < 4.78 is 7.99. The lowest BCUT2D eigenvalue weighted by molar-refractivity contribution is -0.120. The molecule has 120 valence electrons. The van der Waals surface area contributed by atoms with Gasteiger partial charge in [-0.15, -0.1) is 10.2 Å². The minimum absolute atomic E-state index is 0.0875. The average Bonchev–Trinajstić information content (AvgIpc) is 3.07. The van der Waals surface area contributed by atoms with Gasteiger partial charge in [0.25, 0.3) is 0 Å². The maximum absolute atomic E-state index is 11.5. The molecule has 1 atom stereocenters. The second kappa shape index (κ2) is 5.57. The Morgan fingerprint density at radius 2 is 2.13 bits per heavy atom. The first-order chi connectivity index (χ1) is 11.2. The Balaban J connectivity index is 1.56. The summed E-state index contributed by atoms with van der Waals surface area (Å²) in [7, 11) is 1.96. The predicted molar refractivity (Wildman–Crippen MR) is 84.4 cm³/mol. The van der Waals surface area contributed by atoms with Crippen molar-refractivity contribution in [3.63, 3.8) is 0 Å². The largest absolute Gasteiger partial charge is 0.482 e. The average molecular weight is 313 g/mol. The van der Waals surface area contributed by atoms with Crippen molar-refractivity contribution in [3.8, 4) is 5.75 Å². The molecule has 2 aliphatic heterocycles. The molecule has 0 saturated carbocycles. The van der Waals surface area contributed by atoms with Crippen molar-refractivity contribution in [1.29, 1.82) is 0 Å². The molecule has 1 fully saturated rings. The van der Waals surface area contributed by atoms with Gasteiger partial charge in [-0.2, -0.15) is 0 Å². The lowest BCUT2D eigenvalue weighted by Crippen LogP contribution is -2.30. The Bertz CT molecular complexity index is 717. The first-order valence-electron chi connectivity index (χ1n) is 7.88. The fraction of sp³-hybridized carbons (Fsp3) is 0.438. The third-order valence-corrected chi connectivity index (χ3v) is 4.42. The van der Waals surface area contributed by atoms with E-state index in [0.29, 0.717) is 19.5 Å². The molecule has 2 aliphatic rings. The smallest absolute Gasteiger partial charge is 0.227 e. The second-order valence-electron chi connectivity index (χ2n) is 5.92. The molecule has 0 radical (unpaired) electrons. The van der Waals surface area contributed by atoms with Crippen LogP contribution in [-0.4, -0.2) is 40.3 Å². The summed E-state index contributed by atoms with van der Waals surface area (Å²) in [5, 5.41) is 11.6. The summed E-state index contributed by atoms with van der Waals surface area (Å²) in [6.45, 7) is 2.03. The van der Waals surface area contributed by atoms with Gasteiger partial charge in [0, 0.05) is 39.5 Å². The number of aromatic nitrogens is 3. The minimum atomic E-state index is -0.106. The van der Waals surface area contributed by atoms with Gasteiger partial charge in [-0.05, 0) is 11.6 Å². The monoisotopic (exact) mass is 313 g/mol. The summed E-state index contributed by atoms with van der Waals surface area (Å²) in [5.74, 6) is 2.62. The molecule has 3 heterocycles. The van der Waals surface area contributed by atoms with E-state index in [2.05, 4.69) is 26.5 Å². The maximum Gasteiger partial charge on any atom is 0.227 e. The number of amides is 1. The summed E-state index contributed by atoms with van der Waals surface area (Å²) in [6.07, 6.45) is 1.18. The van der Waals surface area contributed by atoms with Gasteiger partial charge in [0.15, 0.2) is 11.9 Å². The molecule has 1 aromatic heterocycles. The van der Waals surface area contributed by atoms with Crippen molar-refractivity contribution >= 4 is 11.9 Å². The highest BCUT2D eigenvalue weighted by molar-refractivity contribution is 5.77. The Morgan fingerprint density at radius 1 is 1.26 bits per heavy atom. The third kappa shape index (κ3) is 2.52. The van der Waals surface area contributed by atoms with E-state index >= 15 is 0 Å². The number of fused-ring (bicyclic) bond motifs is 1. The van der Waals surface area contributed by atoms with E-state index in [9.17, 15) is 4.79 Å². The number of nitrogens with one attached hydrogen (secondary N) is 1. The number of benzene rings is 1. The topological polar surface area (TPSA) is 72.3 Å². The first kappa shape index (κ1) is 14.0. The third-order valence-electron chi connectivity index (χ3n) is 4.42. The van der Waals surface area contributed by atoms with Crippen LogP contribution in [0.3, 0.4) is 0 Å². The molecule has 7 nitrogen and oxygen atoms in total. The number of hydrogen-bond donors (Lipinski definition) is 1. The van der Waals surface area contributed by atoms with Crippen molar-refractivity contribution in [2.75, 3.05) is 24.5 Å². The highest BCUT2D eigenvalue weighted by atomic mass is 16.5. The standard InChI is InChI=1S/C16H19N5O2/c1-20-15(13-10-11-4-2-3-5-12(11)23-13)18-19-16(20)21-8-6-14(22)17-7-9-21/h2-5,13H,6-10H2,1H3,(H,17,22). The maximum atomic E-state index is 11.5. The number of carbonyl (C=O) groups is 1. The molecule has 23 heavy (non-hydrogen) atoms. The lowest BCUT2D eigenvalue weighted by atomic mass is 10.1. The molecular formula is C16H19N5O2. The Hall–Kier alpha value is -2.57. The van der Waals surface area contributed by atoms with Crippen LogP contribution in [0.25, 0.3) is 0 Å². The Kier molecular flexibility index (Phi) is 3.40. The van der Waals surface area contributed by atoms with Crippen LogP contribution in [0.1, 0.15) is 23.9 Å². The summed E-state index contributed by atoms with van der Waals surface area (Å²) in [6, 6.07) is 8.07. The van der Waals surface area contributed by atoms with Gasteiger partial charge >= 0.3 is 0 Å². The molecule has 1 saturated heterocycles. The van der Waals surface area contributed by atoms with Gasteiger partial charge in [-0.1, -0.05) is 18.2 Å². The van der Waals surface area contributed by atoms with E-state index < -0.39 is 0 Å². The highest BCUT2D eigenvalue weighted by Gasteiger charge is 2.30. The number of hydrogen-bond acceptors (Lipinski definition) is 5. The van der Waals surface area contributed by atoms with Crippen LogP contribution in [-0.2, 0) is 18.3 Å². The van der Waals surface area contributed by atoms with Gasteiger partial charge in [-0.3, -0.25) is 9.36 Å². The SMILES string of the molecule is Cn1c(C2Cc3ccccc3O2)nnc1N1CCNC(=O)CC1. The highest BCUT2D eigenvalue weighted by Crippen LogP contribution is 2.36. The van der Waals surface area contributed by atoms with E-state index in [1.807, 2.05) is 29.8 Å². The zero-order chi connectivity index (χ0) is 15.8. The zero-order valence-electron chi connectivity index (χ0n) is 13.0. The van der Waals surface area contributed by atoms with Crippen LogP contribution in [0.4, 0.5) is 5.95 Å². The van der Waals surface area contributed by atoms with Crippen molar-refractivity contribution < 1.29 is 9.53 Å². The Morgan fingerprint density at radius 3 is 3.00 bits per heavy atom. The molecule has 1 aromatic carbocycles. The molecule has 1 unspecified atom stereocenters. The van der Waals surface area contributed by atoms with Crippen LogP contribution >= 0.6 is 0 Å². The van der Waals surface area contributed by atoms with Gasteiger partial charge in [0.2, 0.25) is 11.9 Å². The Labute approximate surface area is 134 Å². The minimum Gasteiger partial charge on any atom is -0.482 e. The van der Waals surface area contributed by atoms with Gasteiger partial charge in [-0.25, -0.2) is 0 Å². The normalized spacial score (nSPS) is 20.7. The molecule has 4 rings (SSSR count). The first-order valence-corrected chi connectivity index (χ1v) is 7.88. The molecule has 0 bridgehead atoms. The van der Waals surface area contributed by atoms with E-state index in [-0.39, 0.29) is 12.0 Å². The van der Waals surface area contributed by atoms with Gasteiger partial charge in [0.1, 0.15) is 5.75 Å². The van der Waals surface area contributed by atoms with Crippen LogP contribution < -0.4 is 15.0 Å². The fourth-order valence-corrected chi connectivity index (χ4v) is 3.18. The van der Waals surface area contributed by atoms with E-state index in [1.165, 1.54) is 5.56 Å². The van der Waals surface area contributed by atoms with E-state index in [0.717, 1.165) is 30.5 Å². The van der Waals surface area contributed by atoms with Gasteiger partial charge < -0.3 is 15.0 Å². The predicted octanol–water partition coefficient (Wildman–Crippen LogP) is 0.818. The van der Waals surface area contributed by atoms with Gasteiger partial charge in [0.05, 0.1) is 0 Å². The molecule has 0 aliphatic carbocycles. The van der Waals surface area contributed by atoms with Crippen molar-refractivity contribution in [2.24, 2.45) is 7.05 Å². The molecule has 0 spiro atoms. The zero-order valence-corrected chi connectivity index (χ0v) is 13.0. The molecule has 1 N–H and O–H groups in total. The molecular weight excluding hydrogens is 294 g/mol. The van der Waals surface area contributed by atoms with Crippen molar-refractivity contribution in [1.82, 2.24) is 20.1 Å². The lowest BCUT2D eigenvalue weighted by Gasteiger charge is -2.20. The second-order valence-corrected chi connectivity index (χ2v) is 5.92. The van der Waals surface area contributed by atoms with Crippen molar-refractivity contribution in [3.05, 3.63) is 35.7 Å². The van der Waals surface area contributed by atoms with Crippen LogP contribution in [0.2, 0.25) is 0 Å². The molecule has 7 heteroatoms. The molecule has 2 aromatic rings. The fourth-order valence-electron chi connectivity index (χ4n) is 3.18. The number of anilines is 1. The number of carbonyl (C=O) groups excluding carboxylic acids is 1. The number of para-hydroxylation sites is 1. The summed E-state index contributed by atoms with van der Waals surface area (Å²) >= 11 is 0. The van der Waals surface area contributed by atoms with E-state index in [4.69, 9.17) is 4.74 Å². The summed E-state index contributed by atoms with van der Waals surface area (Å²) in [4.78, 5) is 13.6. The summed E-state index contributed by atoms with van der Waals surface area (Å²) in [5.41, 5.74) is 1.20.